The molecular weight excluding hydrogens is 344 g/mol. The van der Waals surface area contributed by atoms with Gasteiger partial charge in [-0.3, -0.25) is 0 Å². The smallest absolute Gasteiger partial charge is 0.120 e. The molecule has 0 heterocycles. The Bertz CT molecular complexity index is 864. The van der Waals surface area contributed by atoms with Crippen LogP contribution in [0.25, 0.3) is 0 Å². The zero-order valence-corrected chi connectivity index (χ0v) is 17.1. The van der Waals surface area contributed by atoms with Crippen molar-refractivity contribution in [3.05, 3.63) is 95.6 Å². The number of para-hydroxylation sites is 1. The average molecular weight is 375 g/mol. The van der Waals surface area contributed by atoms with Crippen molar-refractivity contribution >= 4 is 0 Å². The molecule has 1 aliphatic rings. The number of aryl methyl sites for hydroxylation is 1. The van der Waals surface area contributed by atoms with Crippen molar-refractivity contribution < 1.29 is 9.84 Å². The highest BCUT2D eigenvalue weighted by Gasteiger charge is 2.21. The number of hydrogen-bond donors (Lipinski definition) is 1. The normalized spacial score (nSPS) is 15.8. The van der Waals surface area contributed by atoms with Crippen LogP contribution in [0.1, 0.15) is 49.8 Å². The van der Waals surface area contributed by atoms with Gasteiger partial charge >= 0.3 is 0 Å². The van der Waals surface area contributed by atoms with Crippen LogP contribution in [0, 0.1) is 0 Å². The minimum Gasteiger partial charge on any atom is -0.508 e. The van der Waals surface area contributed by atoms with Gasteiger partial charge in [-0.1, -0.05) is 54.6 Å². The predicted molar refractivity (Wildman–Crippen MR) is 116 cm³/mol. The second-order valence-corrected chi connectivity index (χ2v) is 8.33. The number of rotatable bonds is 2. The summed E-state index contributed by atoms with van der Waals surface area (Å²) in [7, 11) is 0. The van der Waals surface area contributed by atoms with Crippen molar-refractivity contribution in [1.29, 1.82) is 0 Å². The first-order chi connectivity index (χ1) is 13.4. The van der Waals surface area contributed by atoms with Crippen molar-refractivity contribution in [2.24, 2.45) is 0 Å². The van der Waals surface area contributed by atoms with Gasteiger partial charge < -0.3 is 9.84 Å². The lowest BCUT2D eigenvalue weighted by atomic mass is 9.80. The van der Waals surface area contributed by atoms with Crippen LogP contribution in [0.15, 0.2) is 78.9 Å². The van der Waals surface area contributed by atoms with Crippen molar-refractivity contribution in [2.75, 3.05) is 0 Å². The van der Waals surface area contributed by atoms with Gasteiger partial charge in [-0.15, -0.1) is 0 Å². The number of phenols is 1. The van der Waals surface area contributed by atoms with Crippen LogP contribution in [0.4, 0.5) is 0 Å². The molecule has 146 valence electrons. The standard InChI is InChI=1S/C20H24O.C6H6O/c1-20(2,3)21-19-12-11-17-13-16(9-10-18(17)14-19)15-7-5-4-6-8-15;7-6-4-2-1-3-5-6/h4-8,11-12,14,16H,9-10,13H2,1-3H3;1-5,7H/t16-;/m1./s1. The van der Waals surface area contributed by atoms with E-state index in [1.165, 1.54) is 23.1 Å². The van der Waals surface area contributed by atoms with E-state index >= 15 is 0 Å². The van der Waals surface area contributed by atoms with Crippen LogP contribution < -0.4 is 4.74 Å². The molecule has 4 rings (SSSR count). The van der Waals surface area contributed by atoms with Crippen LogP contribution in [-0.4, -0.2) is 10.7 Å². The van der Waals surface area contributed by atoms with E-state index in [4.69, 9.17) is 9.84 Å². The van der Waals surface area contributed by atoms with E-state index < -0.39 is 0 Å². The summed E-state index contributed by atoms with van der Waals surface area (Å²) in [4.78, 5) is 0. The summed E-state index contributed by atoms with van der Waals surface area (Å²) in [6, 6.07) is 26.2. The Balaban J connectivity index is 0.000000271. The van der Waals surface area contributed by atoms with Gasteiger partial charge in [-0.05, 0) is 86.9 Å². The van der Waals surface area contributed by atoms with E-state index in [0.29, 0.717) is 11.7 Å². The molecule has 3 aromatic rings. The molecule has 0 aromatic heterocycles. The fourth-order valence-electron chi connectivity index (χ4n) is 3.59. The topological polar surface area (TPSA) is 29.5 Å². The average Bonchev–Trinajstić information content (AvgIpc) is 2.68. The zero-order valence-electron chi connectivity index (χ0n) is 17.1. The molecule has 2 heteroatoms. The Morgan fingerprint density at radius 3 is 2.04 bits per heavy atom. The van der Waals surface area contributed by atoms with Crippen molar-refractivity contribution in [2.45, 2.75) is 51.6 Å². The summed E-state index contributed by atoms with van der Waals surface area (Å²) in [5, 5.41) is 8.63. The molecule has 0 radical (unpaired) electrons. The van der Waals surface area contributed by atoms with E-state index in [2.05, 4.69) is 69.3 Å². The molecule has 0 spiro atoms. The first-order valence-corrected chi connectivity index (χ1v) is 10.0. The van der Waals surface area contributed by atoms with Gasteiger partial charge in [0.25, 0.3) is 0 Å². The third kappa shape index (κ3) is 5.88. The summed E-state index contributed by atoms with van der Waals surface area (Å²) in [6.07, 6.45) is 3.53. The van der Waals surface area contributed by atoms with Crippen LogP contribution >= 0.6 is 0 Å². The zero-order chi connectivity index (χ0) is 20.0. The monoisotopic (exact) mass is 374 g/mol. The van der Waals surface area contributed by atoms with Crippen LogP contribution in [0.5, 0.6) is 11.5 Å². The summed E-state index contributed by atoms with van der Waals surface area (Å²) in [5.74, 6) is 1.98. The number of ether oxygens (including phenoxy) is 1. The predicted octanol–water partition coefficient (Wildman–Crippen LogP) is 6.53. The third-order valence-corrected chi connectivity index (χ3v) is 4.86. The lowest BCUT2D eigenvalue weighted by Crippen LogP contribution is -2.23. The molecule has 0 unspecified atom stereocenters. The maximum atomic E-state index is 8.63. The Morgan fingerprint density at radius 2 is 1.46 bits per heavy atom. The number of aromatic hydroxyl groups is 1. The molecule has 0 bridgehead atoms. The molecule has 1 aliphatic carbocycles. The van der Waals surface area contributed by atoms with Crippen LogP contribution in [-0.2, 0) is 12.8 Å². The highest BCUT2D eigenvalue weighted by Crippen LogP contribution is 2.34. The summed E-state index contributed by atoms with van der Waals surface area (Å²) in [5.41, 5.74) is 4.29. The maximum Gasteiger partial charge on any atom is 0.120 e. The number of fused-ring (bicyclic) bond motifs is 1. The Hall–Kier alpha value is -2.74. The molecule has 0 saturated carbocycles. The second-order valence-electron chi connectivity index (χ2n) is 8.33. The van der Waals surface area contributed by atoms with Crippen LogP contribution in [0.2, 0.25) is 0 Å². The molecule has 28 heavy (non-hydrogen) atoms. The SMILES string of the molecule is CC(C)(C)Oc1ccc2c(c1)CC[C@@H](c1ccccc1)C2.Oc1ccccc1. The molecule has 1 N–H and O–H groups in total. The van der Waals surface area contributed by atoms with Crippen molar-refractivity contribution in [3.63, 3.8) is 0 Å². The molecular formula is C26H30O2. The summed E-state index contributed by atoms with van der Waals surface area (Å²) in [6.45, 7) is 6.29. The van der Waals surface area contributed by atoms with Gasteiger partial charge in [0.2, 0.25) is 0 Å². The molecule has 0 fully saturated rings. The number of hydrogen-bond acceptors (Lipinski definition) is 2. The highest BCUT2D eigenvalue weighted by atomic mass is 16.5. The first-order valence-electron chi connectivity index (χ1n) is 10.0. The lowest BCUT2D eigenvalue weighted by molar-refractivity contribution is 0.130. The number of benzene rings is 3. The third-order valence-electron chi connectivity index (χ3n) is 4.86. The van der Waals surface area contributed by atoms with E-state index in [9.17, 15) is 0 Å². The molecule has 1 atom stereocenters. The van der Waals surface area contributed by atoms with Gasteiger partial charge in [0.05, 0.1) is 0 Å². The van der Waals surface area contributed by atoms with Gasteiger partial charge in [0.1, 0.15) is 17.1 Å². The molecule has 2 nitrogen and oxygen atoms in total. The molecule has 0 saturated heterocycles. The minimum absolute atomic E-state index is 0.129. The Morgan fingerprint density at radius 1 is 0.821 bits per heavy atom. The summed E-state index contributed by atoms with van der Waals surface area (Å²) >= 11 is 0. The van der Waals surface area contributed by atoms with E-state index in [1.807, 2.05) is 6.07 Å². The van der Waals surface area contributed by atoms with Crippen molar-refractivity contribution in [1.82, 2.24) is 0 Å². The largest absolute Gasteiger partial charge is 0.508 e. The lowest BCUT2D eigenvalue weighted by Gasteiger charge is -2.27. The van der Waals surface area contributed by atoms with Gasteiger partial charge in [0.15, 0.2) is 0 Å². The molecule has 0 amide bonds. The van der Waals surface area contributed by atoms with E-state index in [0.717, 1.165) is 18.6 Å². The Kier molecular flexibility index (Phi) is 6.41. The van der Waals surface area contributed by atoms with E-state index in [1.54, 1.807) is 24.3 Å². The van der Waals surface area contributed by atoms with Crippen LogP contribution in [0.3, 0.4) is 0 Å². The van der Waals surface area contributed by atoms with Crippen molar-refractivity contribution in [3.8, 4) is 11.5 Å². The minimum atomic E-state index is -0.129. The maximum absolute atomic E-state index is 8.63. The summed E-state index contributed by atoms with van der Waals surface area (Å²) < 4.78 is 5.98. The molecule has 0 aliphatic heterocycles. The van der Waals surface area contributed by atoms with E-state index in [-0.39, 0.29) is 5.60 Å². The quantitative estimate of drug-likeness (QED) is 0.552. The first kappa shape index (κ1) is 20.0. The fraction of sp³-hybridized carbons (Fsp3) is 0.308. The van der Waals surface area contributed by atoms with Gasteiger partial charge in [-0.25, -0.2) is 0 Å². The molecule has 3 aromatic carbocycles. The van der Waals surface area contributed by atoms with Gasteiger partial charge in [-0.2, -0.15) is 0 Å². The van der Waals surface area contributed by atoms with Gasteiger partial charge in [0, 0.05) is 0 Å². The number of phenolic OH excluding ortho intramolecular Hbond substituents is 1. The fourth-order valence-corrected chi connectivity index (χ4v) is 3.59. The highest BCUT2D eigenvalue weighted by molar-refractivity contribution is 5.39. The second kappa shape index (κ2) is 8.97. The Labute approximate surface area is 168 Å².